The molecule has 1 atom stereocenters. The Morgan fingerprint density at radius 3 is 2.72 bits per heavy atom. The maximum absolute atomic E-state index is 15.8. The van der Waals surface area contributed by atoms with Crippen molar-refractivity contribution < 1.29 is 18.7 Å². The van der Waals surface area contributed by atoms with Crippen LogP contribution in [0.1, 0.15) is 50.2 Å². The number of amides is 2. The van der Waals surface area contributed by atoms with Gasteiger partial charge in [0.25, 0.3) is 11.8 Å². The molecule has 0 saturated carbocycles. The number of nitrogens with zero attached hydrogens (tertiary/aromatic N) is 5. The molecule has 12 heteroatoms. The molecule has 1 unspecified atom stereocenters. The normalized spacial score (nSPS) is 17.6. The topological polar surface area (TPSA) is 126 Å². The van der Waals surface area contributed by atoms with Crippen LogP contribution in [0.3, 0.4) is 0 Å². The third kappa shape index (κ3) is 5.48. The molecule has 0 aliphatic carbocycles. The van der Waals surface area contributed by atoms with Gasteiger partial charge in [0.2, 0.25) is 11.9 Å². The third-order valence-corrected chi connectivity index (χ3v) is 7.05. The van der Waals surface area contributed by atoms with E-state index >= 15 is 4.39 Å². The minimum atomic E-state index is -0.684. The van der Waals surface area contributed by atoms with Gasteiger partial charge in [0.1, 0.15) is 0 Å². The summed E-state index contributed by atoms with van der Waals surface area (Å²) < 4.78 is 22.8. The largest absolute Gasteiger partial charge is 0.381 e. The van der Waals surface area contributed by atoms with Gasteiger partial charge in [-0.3, -0.25) is 9.59 Å². The zero-order chi connectivity index (χ0) is 27.5. The van der Waals surface area contributed by atoms with Gasteiger partial charge >= 0.3 is 0 Å². The van der Waals surface area contributed by atoms with Crippen LogP contribution in [-0.4, -0.2) is 63.2 Å². The summed E-state index contributed by atoms with van der Waals surface area (Å²) in [5.74, 6) is -0.839. The Labute approximate surface area is 225 Å². The summed E-state index contributed by atoms with van der Waals surface area (Å²) in [5, 5.41) is 14.0. The van der Waals surface area contributed by atoms with E-state index in [1.165, 1.54) is 6.07 Å². The molecule has 1 aromatic carbocycles. The third-order valence-electron chi connectivity index (χ3n) is 7.05. The number of hydrogen-bond donors (Lipinski definition) is 3. The summed E-state index contributed by atoms with van der Waals surface area (Å²) in [6.45, 7) is 9.66. The van der Waals surface area contributed by atoms with Crippen molar-refractivity contribution in [3.63, 3.8) is 0 Å². The highest BCUT2D eigenvalue weighted by Gasteiger charge is 2.34. The van der Waals surface area contributed by atoms with Crippen molar-refractivity contribution in [2.75, 3.05) is 35.3 Å². The lowest BCUT2D eigenvalue weighted by Gasteiger charge is -2.31. The molecule has 3 N–H and O–H groups in total. The first-order valence-corrected chi connectivity index (χ1v) is 13.2. The van der Waals surface area contributed by atoms with Gasteiger partial charge in [0.05, 0.1) is 17.9 Å². The Balaban J connectivity index is 1.44. The fourth-order valence-electron chi connectivity index (χ4n) is 4.65. The minimum Gasteiger partial charge on any atom is -0.381 e. The van der Waals surface area contributed by atoms with Gasteiger partial charge in [-0.2, -0.15) is 19.6 Å². The standard InChI is InChI=1S/C27H33FN8O3/c1-4-22(37)35(25(38)20-8-11-29-20)21-7-5-6-17(23(21)28)14-30-27-34-26(32-18-9-12-39-13-10-18)33-24-19(16(2)3)15-31-36(24)27/h4-7,15-16,18,20,29H,1,8-14H2,2-3H3,(H2,30,32,33,34). The van der Waals surface area contributed by atoms with Crippen molar-refractivity contribution in [2.24, 2.45) is 0 Å². The molecule has 206 valence electrons. The zero-order valence-corrected chi connectivity index (χ0v) is 22.1. The van der Waals surface area contributed by atoms with Crippen LogP contribution in [-0.2, 0) is 20.9 Å². The number of nitrogens with one attached hydrogen (secondary N) is 3. The number of fused-ring (bicyclic) bond motifs is 1. The highest BCUT2D eigenvalue weighted by molar-refractivity contribution is 6.20. The van der Waals surface area contributed by atoms with Crippen molar-refractivity contribution in [3.8, 4) is 0 Å². The number of ether oxygens (including phenoxy) is 1. The molecule has 0 spiro atoms. The van der Waals surface area contributed by atoms with E-state index in [1.807, 2.05) is 0 Å². The lowest BCUT2D eigenvalue weighted by Crippen LogP contribution is -2.56. The molecule has 39 heavy (non-hydrogen) atoms. The van der Waals surface area contributed by atoms with E-state index in [0.29, 0.717) is 43.7 Å². The Bertz CT molecular complexity index is 1380. The molecule has 5 rings (SSSR count). The number of halogens is 1. The Morgan fingerprint density at radius 2 is 2.05 bits per heavy atom. The summed E-state index contributed by atoms with van der Waals surface area (Å²) in [5.41, 5.74) is 1.76. The zero-order valence-electron chi connectivity index (χ0n) is 22.1. The van der Waals surface area contributed by atoms with Crippen LogP contribution in [0.2, 0.25) is 0 Å². The SMILES string of the molecule is C=CC(=O)N(C(=O)C1CCN1)c1cccc(CNc2nc(NC3CCOCC3)nc3c(C(C)C)cnn23)c1F. The molecule has 11 nitrogen and oxygen atoms in total. The number of carbonyl (C=O) groups excluding carboxylic acids is 2. The molecule has 2 aliphatic heterocycles. The molecule has 2 amide bonds. The van der Waals surface area contributed by atoms with E-state index < -0.39 is 23.7 Å². The highest BCUT2D eigenvalue weighted by Crippen LogP contribution is 2.27. The fourth-order valence-corrected chi connectivity index (χ4v) is 4.65. The maximum Gasteiger partial charge on any atom is 0.257 e. The van der Waals surface area contributed by atoms with E-state index in [1.54, 1.807) is 22.8 Å². The lowest BCUT2D eigenvalue weighted by molar-refractivity contribution is -0.126. The Morgan fingerprint density at radius 1 is 1.28 bits per heavy atom. The van der Waals surface area contributed by atoms with E-state index in [2.05, 4.69) is 46.5 Å². The molecular formula is C27H33FN8O3. The minimum absolute atomic E-state index is 0.0331. The second kappa shape index (κ2) is 11.5. The predicted molar refractivity (Wildman–Crippen MR) is 145 cm³/mol. The molecule has 0 radical (unpaired) electrons. The van der Waals surface area contributed by atoms with Gasteiger partial charge in [-0.25, -0.2) is 9.29 Å². The summed E-state index contributed by atoms with van der Waals surface area (Å²) in [4.78, 5) is 35.7. The average molecular weight is 537 g/mol. The summed E-state index contributed by atoms with van der Waals surface area (Å²) >= 11 is 0. The van der Waals surface area contributed by atoms with Gasteiger partial charge in [-0.05, 0) is 43.9 Å². The van der Waals surface area contributed by atoms with Crippen molar-refractivity contribution in [1.82, 2.24) is 24.9 Å². The molecular weight excluding hydrogens is 503 g/mol. The monoisotopic (exact) mass is 536 g/mol. The average Bonchev–Trinajstić information content (AvgIpc) is 3.33. The van der Waals surface area contributed by atoms with Crippen molar-refractivity contribution in [3.05, 3.63) is 54.0 Å². The first kappa shape index (κ1) is 26.7. The van der Waals surface area contributed by atoms with Crippen LogP contribution in [0, 0.1) is 5.82 Å². The molecule has 2 saturated heterocycles. The Hall–Kier alpha value is -3.90. The second-order valence-electron chi connectivity index (χ2n) is 10.0. The number of benzene rings is 1. The number of hydrogen-bond acceptors (Lipinski definition) is 9. The molecule has 4 heterocycles. The fraction of sp³-hybridized carbons (Fsp3) is 0.444. The maximum atomic E-state index is 15.8. The molecule has 3 aromatic rings. The number of rotatable bonds is 9. The van der Waals surface area contributed by atoms with Crippen LogP contribution in [0.4, 0.5) is 22.0 Å². The quantitative estimate of drug-likeness (QED) is 0.354. The van der Waals surface area contributed by atoms with E-state index in [-0.39, 0.29) is 29.8 Å². The second-order valence-corrected chi connectivity index (χ2v) is 10.0. The first-order chi connectivity index (χ1) is 18.9. The molecule has 0 bridgehead atoms. The van der Waals surface area contributed by atoms with Gasteiger partial charge in [0, 0.05) is 36.9 Å². The summed E-state index contributed by atoms with van der Waals surface area (Å²) in [7, 11) is 0. The number of imide groups is 1. The number of anilines is 3. The van der Waals surface area contributed by atoms with Crippen molar-refractivity contribution >= 4 is 35.0 Å². The molecule has 2 fully saturated rings. The Kier molecular flexibility index (Phi) is 7.84. The number of aromatic nitrogens is 4. The van der Waals surface area contributed by atoms with Crippen molar-refractivity contribution in [1.29, 1.82) is 0 Å². The molecule has 2 aromatic heterocycles. The van der Waals surface area contributed by atoms with Crippen LogP contribution in [0.5, 0.6) is 0 Å². The van der Waals surface area contributed by atoms with Gasteiger partial charge in [0.15, 0.2) is 11.5 Å². The van der Waals surface area contributed by atoms with Gasteiger partial charge in [-0.1, -0.05) is 32.6 Å². The number of carbonyl (C=O) groups is 2. The summed E-state index contributed by atoms with van der Waals surface area (Å²) in [6, 6.07) is 4.28. The van der Waals surface area contributed by atoms with Gasteiger partial charge in [-0.15, -0.1) is 0 Å². The van der Waals surface area contributed by atoms with E-state index in [9.17, 15) is 9.59 Å². The van der Waals surface area contributed by atoms with Crippen LogP contribution < -0.4 is 20.9 Å². The molecule has 2 aliphatic rings. The van der Waals surface area contributed by atoms with Gasteiger partial charge < -0.3 is 20.7 Å². The first-order valence-electron chi connectivity index (χ1n) is 13.2. The van der Waals surface area contributed by atoms with E-state index in [4.69, 9.17) is 9.72 Å². The van der Waals surface area contributed by atoms with E-state index in [0.717, 1.165) is 29.4 Å². The van der Waals surface area contributed by atoms with Crippen LogP contribution in [0.25, 0.3) is 5.65 Å². The van der Waals surface area contributed by atoms with Crippen LogP contribution in [0.15, 0.2) is 37.1 Å². The summed E-state index contributed by atoms with van der Waals surface area (Å²) in [6.07, 6.45) is 5.05. The van der Waals surface area contributed by atoms with Crippen molar-refractivity contribution in [2.45, 2.75) is 57.7 Å². The van der Waals surface area contributed by atoms with Crippen LogP contribution >= 0.6 is 0 Å². The lowest BCUT2D eigenvalue weighted by atomic mass is 10.0. The smallest absolute Gasteiger partial charge is 0.257 e. The predicted octanol–water partition coefficient (Wildman–Crippen LogP) is 3.00. The highest BCUT2D eigenvalue weighted by atomic mass is 19.1.